The van der Waals surface area contributed by atoms with E-state index >= 15 is 0 Å². The van der Waals surface area contributed by atoms with Crippen LogP contribution in [0.2, 0.25) is 0 Å². The molecular weight excluding hydrogens is 174 g/mol. The lowest BCUT2D eigenvalue weighted by Gasteiger charge is -2.02. The molecule has 2 aromatic rings. The Kier molecular flexibility index (Phi) is 2.12. The summed E-state index contributed by atoms with van der Waals surface area (Å²) in [6.07, 6.45) is 0.948. The van der Waals surface area contributed by atoms with Crippen LogP contribution in [0.25, 0.3) is 10.9 Å². The molecule has 0 aliphatic rings. The van der Waals surface area contributed by atoms with Gasteiger partial charge in [0.2, 0.25) is 0 Å². The highest BCUT2D eigenvalue weighted by Gasteiger charge is 2.10. The van der Waals surface area contributed by atoms with E-state index in [0.717, 1.165) is 35.0 Å². The van der Waals surface area contributed by atoms with E-state index in [1.807, 2.05) is 25.1 Å². The van der Waals surface area contributed by atoms with Gasteiger partial charge < -0.3 is 4.57 Å². The Bertz CT molecular complexity index is 482. The van der Waals surface area contributed by atoms with Crippen LogP contribution in [0.5, 0.6) is 0 Å². The van der Waals surface area contributed by atoms with Crippen LogP contribution in [-0.4, -0.2) is 10.9 Å². The molecule has 0 N–H and O–H groups in total. The molecule has 2 nitrogen and oxygen atoms in total. The lowest BCUT2D eigenvalue weighted by Crippen LogP contribution is -1.96. The van der Waals surface area contributed by atoms with Gasteiger partial charge in [-0.15, -0.1) is 0 Å². The van der Waals surface area contributed by atoms with Crippen LogP contribution in [-0.2, 0) is 6.54 Å². The van der Waals surface area contributed by atoms with Crippen molar-refractivity contribution in [2.45, 2.75) is 20.4 Å². The Balaban J connectivity index is 2.91. The molecule has 1 aromatic heterocycles. The van der Waals surface area contributed by atoms with Crippen molar-refractivity contribution in [1.29, 1.82) is 0 Å². The molecule has 0 radical (unpaired) electrons. The quantitative estimate of drug-likeness (QED) is 0.662. The van der Waals surface area contributed by atoms with Crippen LogP contribution < -0.4 is 0 Å². The van der Waals surface area contributed by atoms with E-state index in [9.17, 15) is 4.79 Å². The van der Waals surface area contributed by atoms with Crippen molar-refractivity contribution in [1.82, 2.24) is 4.57 Å². The van der Waals surface area contributed by atoms with Crippen molar-refractivity contribution in [3.63, 3.8) is 0 Å². The Hall–Kier alpha value is -1.57. The molecule has 0 fully saturated rings. The number of nitrogens with zero attached hydrogens (tertiary/aromatic N) is 1. The predicted molar refractivity (Wildman–Crippen MR) is 57.7 cm³/mol. The van der Waals surface area contributed by atoms with Gasteiger partial charge >= 0.3 is 0 Å². The lowest BCUT2D eigenvalue weighted by molar-refractivity contribution is 0.112. The van der Waals surface area contributed by atoms with Gasteiger partial charge in [0, 0.05) is 28.7 Å². The number of para-hydroxylation sites is 1. The van der Waals surface area contributed by atoms with Crippen molar-refractivity contribution >= 4 is 17.2 Å². The van der Waals surface area contributed by atoms with Gasteiger partial charge in [-0.3, -0.25) is 4.79 Å². The first-order valence-electron chi connectivity index (χ1n) is 4.82. The van der Waals surface area contributed by atoms with E-state index in [2.05, 4.69) is 17.6 Å². The summed E-state index contributed by atoms with van der Waals surface area (Å²) in [4.78, 5) is 11.0. The highest BCUT2D eigenvalue weighted by molar-refractivity contribution is 5.99. The van der Waals surface area contributed by atoms with E-state index in [-0.39, 0.29) is 0 Å². The SMILES string of the molecule is CCn1c(C)c(C=O)c2ccccc21. The summed E-state index contributed by atoms with van der Waals surface area (Å²) in [6.45, 7) is 4.99. The Morgan fingerprint density at radius 3 is 2.71 bits per heavy atom. The van der Waals surface area contributed by atoms with Crippen LogP contribution in [0.3, 0.4) is 0 Å². The Labute approximate surface area is 83.2 Å². The fourth-order valence-corrected chi connectivity index (χ4v) is 2.01. The number of carbonyl (C=O) groups is 1. The third-order valence-electron chi connectivity index (χ3n) is 2.71. The zero-order valence-electron chi connectivity index (χ0n) is 8.45. The summed E-state index contributed by atoms with van der Waals surface area (Å²) in [5.41, 5.74) is 3.03. The molecule has 0 saturated heterocycles. The average Bonchev–Trinajstić information content (AvgIpc) is 2.49. The van der Waals surface area contributed by atoms with Crippen LogP contribution in [0.1, 0.15) is 23.0 Å². The van der Waals surface area contributed by atoms with E-state index in [1.54, 1.807) is 0 Å². The first-order chi connectivity index (χ1) is 6.79. The second-order valence-corrected chi connectivity index (χ2v) is 3.38. The maximum atomic E-state index is 11.0. The third kappa shape index (κ3) is 1.07. The van der Waals surface area contributed by atoms with Crippen molar-refractivity contribution in [2.24, 2.45) is 0 Å². The van der Waals surface area contributed by atoms with Gasteiger partial charge in [-0.1, -0.05) is 18.2 Å². The Morgan fingerprint density at radius 1 is 1.36 bits per heavy atom. The van der Waals surface area contributed by atoms with Gasteiger partial charge in [0.25, 0.3) is 0 Å². The number of fused-ring (bicyclic) bond motifs is 1. The summed E-state index contributed by atoms with van der Waals surface area (Å²) in [5, 5.41) is 1.06. The topological polar surface area (TPSA) is 22.0 Å². The molecule has 0 spiro atoms. The fraction of sp³-hybridized carbons (Fsp3) is 0.250. The van der Waals surface area contributed by atoms with Crippen molar-refractivity contribution in [2.75, 3.05) is 0 Å². The number of hydrogen-bond donors (Lipinski definition) is 0. The molecule has 1 heterocycles. The first-order valence-corrected chi connectivity index (χ1v) is 4.82. The number of aldehydes is 1. The number of benzene rings is 1. The second kappa shape index (κ2) is 3.29. The van der Waals surface area contributed by atoms with E-state index in [0.29, 0.717) is 0 Å². The van der Waals surface area contributed by atoms with E-state index in [1.165, 1.54) is 0 Å². The molecule has 0 bridgehead atoms. The molecule has 0 aliphatic carbocycles. The van der Waals surface area contributed by atoms with Crippen molar-refractivity contribution < 1.29 is 4.79 Å². The molecule has 14 heavy (non-hydrogen) atoms. The molecule has 0 saturated carbocycles. The van der Waals surface area contributed by atoms with Gasteiger partial charge in [0.05, 0.1) is 0 Å². The van der Waals surface area contributed by atoms with Gasteiger partial charge in [-0.05, 0) is 19.9 Å². The van der Waals surface area contributed by atoms with Crippen LogP contribution in [0.4, 0.5) is 0 Å². The normalized spacial score (nSPS) is 10.7. The number of carbonyl (C=O) groups excluding carboxylic acids is 1. The van der Waals surface area contributed by atoms with Crippen LogP contribution in [0, 0.1) is 6.92 Å². The summed E-state index contributed by atoms with van der Waals surface area (Å²) in [6, 6.07) is 8.02. The van der Waals surface area contributed by atoms with Gasteiger partial charge in [0.1, 0.15) is 0 Å². The van der Waals surface area contributed by atoms with Crippen LogP contribution >= 0.6 is 0 Å². The molecule has 0 atom stereocenters. The maximum Gasteiger partial charge on any atom is 0.152 e. The smallest absolute Gasteiger partial charge is 0.152 e. The minimum Gasteiger partial charge on any atom is -0.344 e. The molecule has 72 valence electrons. The minimum atomic E-state index is 0.822. The highest BCUT2D eigenvalue weighted by atomic mass is 16.1. The molecule has 0 amide bonds. The number of aryl methyl sites for hydroxylation is 1. The Morgan fingerprint density at radius 2 is 2.07 bits per heavy atom. The van der Waals surface area contributed by atoms with Gasteiger partial charge in [-0.25, -0.2) is 0 Å². The summed E-state index contributed by atoms with van der Waals surface area (Å²) < 4.78 is 2.17. The van der Waals surface area contributed by atoms with E-state index in [4.69, 9.17) is 0 Å². The van der Waals surface area contributed by atoms with Gasteiger partial charge in [-0.2, -0.15) is 0 Å². The molecule has 0 aliphatic heterocycles. The van der Waals surface area contributed by atoms with E-state index < -0.39 is 0 Å². The summed E-state index contributed by atoms with van der Waals surface area (Å²) in [7, 11) is 0. The standard InChI is InChI=1S/C12H13NO/c1-3-13-9(2)11(8-14)10-6-4-5-7-12(10)13/h4-8H,3H2,1-2H3. The molecule has 0 unspecified atom stereocenters. The molecule has 2 heteroatoms. The van der Waals surface area contributed by atoms with Gasteiger partial charge in [0.15, 0.2) is 6.29 Å². The fourth-order valence-electron chi connectivity index (χ4n) is 2.01. The first kappa shape index (κ1) is 9.00. The lowest BCUT2D eigenvalue weighted by atomic mass is 10.1. The third-order valence-corrected chi connectivity index (χ3v) is 2.71. The molecular formula is C12H13NO. The zero-order chi connectivity index (χ0) is 10.1. The van der Waals surface area contributed by atoms with Crippen molar-refractivity contribution in [3.8, 4) is 0 Å². The summed E-state index contributed by atoms with van der Waals surface area (Å²) in [5.74, 6) is 0. The summed E-state index contributed by atoms with van der Waals surface area (Å²) >= 11 is 0. The molecule has 2 rings (SSSR count). The number of aromatic nitrogens is 1. The molecule has 1 aromatic carbocycles. The monoisotopic (exact) mass is 187 g/mol. The predicted octanol–water partition coefficient (Wildman–Crippen LogP) is 2.78. The van der Waals surface area contributed by atoms with Crippen LogP contribution in [0.15, 0.2) is 24.3 Å². The number of hydrogen-bond acceptors (Lipinski definition) is 1. The second-order valence-electron chi connectivity index (χ2n) is 3.38. The largest absolute Gasteiger partial charge is 0.344 e. The minimum absolute atomic E-state index is 0.822. The zero-order valence-corrected chi connectivity index (χ0v) is 8.45. The average molecular weight is 187 g/mol. The number of rotatable bonds is 2. The maximum absolute atomic E-state index is 11.0. The van der Waals surface area contributed by atoms with Crippen molar-refractivity contribution in [3.05, 3.63) is 35.5 Å². The highest BCUT2D eigenvalue weighted by Crippen LogP contribution is 2.23.